The first-order chi connectivity index (χ1) is 8.49. The number of aromatic nitrogens is 4. The van der Waals surface area contributed by atoms with Gasteiger partial charge in [-0.3, -0.25) is 14.6 Å². The van der Waals surface area contributed by atoms with E-state index < -0.39 is 0 Å². The van der Waals surface area contributed by atoms with Crippen molar-refractivity contribution in [3.63, 3.8) is 0 Å². The second-order valence-electron chi connectivity index (χ2n) is 3.80. The number of amides is 1. The average Bonchev–Trinajstić information content (AvgIpc) is 2.80. The second kappa shape index (κ2) is 5.23. The lowest BCUT2D eigenvalue weighted by Crippen LogP contribution is -2.23. The normalized spacial score (nSPS) is 10.7. The number of rotatable bonds is 3. The Bertz CT molecular complexity index is 589. The van der Waals surface area contributed by atoms with Crippen LogP contribution in [-0.2, 0) is 13.6 Å². The van der Waals surface area contributed by atoms with Crippen LogP contribution in [0, 0.1) is 6.92 Å². The van der Waals surface area contributed by atoms with Gasteiger partial charge >= 0.3 is 0 Å². The summed E-state index contributed by atoms with van der Waals surface area (Å²) in [5.74, 6) is -0.243. The van der Waals surface area contributed by atoms with Crippen molar-refractivity contribution in [3.05, 3.63) is 32.2 Å². The third-order valence-electron chi connectivity index (χ3n) is 2.44. The molecule has 0 aliphatic carbocycles. The zero-order chi connectivity index (χ0) is 13.3. The molecule has 0 aliphatic rings. The van der Waals surface area contributed by atoms with E-state index in [0.29, 0.717) is 21.3 Å². The van der Waals surface area contributed by atoms with Crippen molar-refractivity contribution in [2.24, 2.45) is 7.05 Å². The lowest BCUT2D eigenvalue weighted by Gasteiger charge is -2.02. The molecule has 2 aromatic rings. The molecule has 1 amide bonds. The summed E-state index contributed by atoms with van der Waals surface area (Å²) in [5, 5.41) is 13.6. The van der Waals surface area contributed by atoms with Gasteiger partial charge in [0.2, 0.25) is 0 Å². The van der Waals surface area contributed by atoms with Gasteiger partial charge in [0.15, 0.2) is 5.69 Å². The number of nitrogens with one attached hydrogen (secondary N) is 2. The Kier molecular flexibility index (Phi) is 3.86. The molecule has 2 heterocycles. The van der Waals surface area contributed by atoms with E-state index in [0.717, 1.165) is 11.3 Å². The lowest BCUT2D eigenvalue weighted by molar-refractivity contribution is 0.0945. The van der Waals surface area contributed by atoms with E-state index in [-0.39, 0.29) is 5.91 Å². The fourth-order valence-corrected chi connectivity index (χ4v) is 2.17. The first-order valence-corrected chi connectivity index (χ1v) is 6.74. The maximum Gasteiger partial charge on any atom is 0.273 e. The molecule has 18 heavy (non-hydrogen) atoms. The predicted molar refractivity (Wildman–Crippen MR) is 73.1 cm³/mol. The van der Waals surface area contributed by atoms with Gasteiger partial charge in [0.05, 0.1) is 10.2 Å². The van der Waals surface area contributed by atoms with Crippen molar-refractivity contribution in [2.45, 2.75) is 13.5 Å². The van der Waals surface area contributed by atoms with E-state index in [2.05, 4.69) is 52.5 Å². The van der Waals surface area contributed by atoms with Crippen LogP contribution >= 0.6 is 31.9 Å². The summed E-state index contributed by atoms with van der Waals surface area (Å²) in [6.07, 6.45) is 1.88. The second-order valence-corrected chi connectivity index (χ2v) is 5.38. The highest BCUT2D eigenvalue weighted by atomic mass is 79.9. The molecule has 6 nitrogen and oxygen atoms in total. The zero-order valence-electron chi connectivity index (χ0n) is 9.79. The van der Waals surface area contributed by atoms with Crippen molar-refractivity contribution in [1.29, 1.82) is 0 Å². The van der Waals surface area contributed by atoms with Crippen LogP contribution in [0.15, 0.2) is 15.3 Å². The van der Waals surface area contributed by atoms with Crippen LogP contribution in [0.1, 0.15) is 21.7 Å². The van der Waals surface area contributed by atoms with Crippen LogP contribution in [0.25, 0.3) is 0 Å². The van der Waals surface area contributed by atoms with E-state index in [1.165, 1.54) is 0 Å². The third-order valence-corrected chi connectivity index (χ3v) is 4.31. The smallest absolute Gasteiger partial charge is 0.273 e. The van der Waals surface area contributed by atoms with Crippen LogP contribution in [0.3, 0.4) is 0 Å². The first-order valence-electron chi connectivity index (χ1n) is 5.15. The molecule has 0 saturated carbocycles. The molecule has 0 saturated heterocycles. The molecule has 0 aliphatic heterocycles. The first kappa shape index (κ1) is 13.3. The van der Waals surface area contributed by atoms with Crippen molar-refractivity contribution >= 4 is 37.8 Å². The molecule has 2 aromatic heterocycles. The number of hydrogen-bond donors (Lipinski definition) is 2. The Morgan fingerprint density at radius 3 is 2.78 bits per heavy atom. The predicted octanol–water partition coefficient (Wildman–Crippen LogP) is 1.91. The summed E-state index contributed by atoms with van der Waals surface area (Å²) in [5.41, 5.74) is 2.21. The number of carbonyl (C=O) groups is 1. The Balaban J connectivity index is 2.05. The monoisotopic (exact) mass is 375 g/mol. The van der Waals surface area contributed by atoms with E-state index in [9.17, 15) is 4.79 Å². The Labute approximate surface area is 120 Å². The molecule has 2 N–H and O–H groups in total. The largest absolute Gasteiger partial charge is 0.346 e. The number of halogens is 2. The van der Waals surface area contributed by atoms with Crippen LogP contribution in [0.5, 0.6) is 0 Å². The van der Waals surface area contributed by atoms with Gasteiger partial charge in [0.1, 0.15) is 4.60 Å². The quantitative estimate of drug-likeness (QED) is 0.858. The molecule has 0 atom stereocenters. The number of H-pyrrole nitrogens is 1. The van der Waals surface area contributed by atoms with Crippen LogP contribution in [-0.4, -0.2) is 25.9 Å². The minimum atomic E-state index is -0.243. The van der Waals surface area contributed by atoms with Gasteiger partial charge in [0, 0.05) is 25.4 Å². The van der Waals surface area contributed by atoms with Crippen LogP contribution in [0.2, 0.25) is 0 Å². The Hall–Kier alpha value is -1.15. The zero-order valence-corrected chi connectivity index (χ0v) is 13.0. The van der Waals surface area contributed by atoms with Gasteiger partial charge in [-0.15, -0.1) is 0 Å². The van der Waals surface area contributed by atoms with Crippen molar-refractivity contribution < 1.29 is 4.79 Å². The molecule has 8 heteroatoms. The summed E-state index contributed by atoms with van der Waals surface area (Å²) in [6.45, 7) is 2.33. The molecular formula is C10H11Br2N5O. The molecule has 0 bridgehead atoms. The fraction of sp³-hybridized carbons (Fsp3) is 0.300. The topological polar surface area (TPSA) is 75.6 Å². The van der Waals surface area contributed by atoms with E-state index in [4.69, 9.17) is 0 Å². The van der Waals surface area contributed by atoms with Crippen molar-refractivity contribution in [1.82, 2.24) is 25.3 Å². The maximum atomic E-state index is 11.9. The van der Waals surface area contributed by atoms with Gasteiger partial charge < -0.3 is 5.32 Å². The minimum absolute atomic E-state index is 0.243. The molecule has 0 unspecified atom stereocenters. The Morgan fingerprint density at radius 1 is 1.56 bits per heavy atom. The summed E-state index contributed by atoms with van der Waals surface area (Å²) in [4.78, 5) is 11.9. The number of nitrogens with zero attached hydrogens (tertiary/aromatic N) is 3. The van der Waals surface area contributed by atoms with Gasteiger partial charge in [0.25, 0.3) is 5.91 Å². The SMILES string of the molecule is Cc1nn(C)cc1CNC(=O)c1n[nH]c(Br)c1Br. The standard InChI is InChI=1S/C10H11Br2N5O/c1-5-6(4-17(2)16-5)3-13-10(18)8-7(11)9(12)15-14-8/h4H,3H2,1-2H3,(H,13,18)(H,14,15). The molecule has 0 fully saturated rings. The molecule has 2 rings (SSSR count). The summed E-state index contributed by atoms with van der Waals surface area (Å²) in [7, 11) is 1.85. The van der Waals surface area contributed by atoms with E-state index in [1.807, 2.05) is 20.2 Å². The average molecular weight is 377 g/mol. The highest BCUT2D eigenvalue weighted by Gasteiger charge is 2.16. The number of hydrogen-bond acceptors (Lipinski definition) is 3. The van der Waals surface area contributed by atoms with Crippen LogP contribution in [0.4, 0.5) is 0 Å². The van der Waals surface area contributed by atoms with Gasteiger partial charge in [-0.2, -0.15) is 10.2 Å². The molecule has 96 valence electrons. The number of carbonyl (C=O) groups excluding carboxylic acids is 1. The van der Waals surface area contributed by atoms with E-state index >= 15 is 0 Å². The van der Waals surface area contributed by atoms with Crippen molar-refractivity contribution in [3.8, 4) is 0 Å². The van der Waals surface area contributed by atoms with Crippen LogP contribution < -0.4 is 5.32 Å². The third kappa shape index (κ3) is 2.64. The summed E-state index contributed by atoms with van der Waals surface area (Å²) >= 11 is 6.51. The fourth-order valence-electron chi connectivity index (χ4n) is 1.54. The van der Waals surface area contributed by atoms with Gasteiger partial charge in [-0.05, 0) is 38.8 Å². The van der Waals surface area contributed by atoms with E-state index in [1.54, 1.807) is 4.68 Å². The van der Waals surface area contributed by atoms with Gasteiger partial charge in [-0.25, -0.2) is 0 Å². The molecule has 0 aromatic carbocycles. The summed E-state index contributed by atoms with van der Waals surface area (Å²) < 4.78 is 2.98. The van der Waals surface area contributed by atoms with Crippen molar-refractivity contribution in [2.75, 3.05) is 0 Å². The Morgan fingerprint density at radius 2 is 2.28 bits per heavy atom. The summed E-state index contributed by atoms with van der Waals surface area (Å²) in [6, 6.07) is 0. The molecular weight excluding hydrogens is 366 g/mol. The maximum absolute atomic E-state index is 11.9. The number of aromatic amines is 1. The molecule has 0 radical (unpaired) electrons. The number of aryl methyl sites for hydroxylation is 2. The highest BCUT2D eigenvalue weighted by molar-refractivity contribution is 9.13. The minimum Gasteiger partial charge on any atom is -0.346 e. The highest BCUT2D eigenvalue weighted by Crippen LogP contribution is 2.23. The lowest BCUT2D eigenvalue weighted by atomic mass is 10.2. The van der Waals surface area contributed by atoms with Gasteiger partial charge in [-0.1, -0.05) is 0 Å². The molecule has 0 spiro atoms.